The summed E-state index contributed by atoms with van der Waals surface area (Å²) < 4.78 is 15.2. The lowest BCUT2D eigenvalue weighted by Crippen LogP contribution is -2.35. The van der Waals surface area contributed by atoms with Gasteiger partial charge in [0.2, 0.25) is 0 Å². The second-order valence-electron chi connectivity index (χ2n) is 6.14. The summed E-state index contributed by atoms with van der Waals surface area (Å²) in [5.41, 5.74) is 2.37. The molecular formula is C17H18ClFN4O2. The summed E-state index contributed by atoms with van der Waals surface area (Å²) in [6.45, 7) is 2.13. The number of benzene rings is 1. The Labute approximate surface area is 149 Å². The second kappa shape index (κ2) is 6.84. The van der Waals surface area contributed by atoms with Crippen molar-refractivity contribution in [2.75, 3.05) is 6.54 Å². The number of amides is 2. The molecule has 8 heteroatoms. The van der Waals surface area contributed by atoms with Crippen LogP contribution in [0.4, 0.5) is 9.18 Å². The van der Waals surface area contributed by atoms with E-state index in [1.165, 1.54) is 12.1 Å². The minimum atomic E-state index is -0.569. The zero-order valence-corrected chi connectivity index (χ0v) is 14.6. The zero-order chi connectivity index (χ0) is 18.1. The smallest absolute Gasteiger partial charge is 0.315 e. The van der Waals surface area contributed by atoms with Gasteiger partial charge in [-0.3, -0.25) is 9.48 Å². The molecule has 0 spiro atoms. The highest BCUT2D eigenvalue weighted by molar-refractivity contribution is 6.30. The highest BCUT2D eigenvalue weighted by atomic mass is 35.5. The first-order valence-electron chi connectivity index (χ1n) is 7.87. The number of Topliss-reactive ketones (excluding diaryl/α,β-unsaturated/α-hetero) is 1. The molecule has 0 bridgehead atoms. The van der Waals surface area contributed by atoms with Crippen LogP contribution in [0, 0.1) is 12.7 Å². The van der Waals surface area contributed by atoms with Crippen LogP contribution in [0.5, 0.6) is 0 Å². The Morgan fingerprint density at radius 1 is 1.48 bits per heavy atom. The van der Waals surface area contributed by atoms with Crippen LogP contribution in [0.1, 0.15) is 29.3 Å². The van der Waals surface area contributed by atoms with Crippen LogP contribution in [0.15, 0.2) is 24.3 Å². The average molecular weight is 365 g/mol. The van der Waals surface area contributed by atoms with Gasteiger partial charge >= 0.3 is 6.03 Å². The molecule has 2 heterocycles. The number of hydrogen-bond acceptors (Lipinski definition) is 3. The molecule has 6 nitrogen and oxygen atoms in total. The number of nitrogens with one attached hydrogen (secondary N) is 2. The number of halogens is 2. The molecular weight excluding hydrogens is 347 g/mol. The maximum Gasteiger partial charge on any atom is 0.315 e. The van der Waals surface area contributed by atoms with Gasteiger partial charge in [-0.15, -0.1) is 0 Å². The lowest BCUT2D eigenvalue weighted by atomic mass is 9.88. The Morgan fingerprint density at radius 3 is 2.80 bits per heavy atom. The minimum Gasteiger partial charge on any atom is -0.336 e. The number of carbonyl (C=O) groups is 2. The van der Waals surface area contributed by atoms with E-state index >= 15 is 0 Å². The van der Waals surface area contributed by atoms with Crippen LogP contribution in [0.2, 0.25) is 5.02 Å². The van der Waals surface area contributed by atoms with Crippen molar-refractivity contribution >= 4 is 23.4 Å². The number of carbonyl (C=O) groups excluding carboxylic acids is 2. The Balaban J connectivity index is 1.94. The molecule has 1 aliphatic heterocycles. The van der Waals surface area contributed by atoms with Gasteiger partial charge in [0, 0.05) is 31.6 Å². The number of hydrogen-bond donors (Lipinski definition) is 2. The first-order valence-corrected chi connectivity index (χ1v) is 8.25. The summed E-state index contributed by atoms with van der Waals surface area (Å²) in [6.07, 6.45) is 0.146. The summed E-state index contributed by atoms with van der Waals surface area (Å²) >= 11 is 5.92. The van der Waals surface area contributed by atoms with Crippen LogP contribution in [0.25, 0.3) is 0 Å². The predicted octanol–water partition coefficient (Wildman–Crippen LogP) is 2.29. The molecule has 1 fully saturated rings. The molecule has 2 aromatic rings. The van der Waals surface area contributed by atoms with Crippen molar-refractivity contribution < 1.29 is 14.0 Å². The molecule has 1 aromatic heterocycles. The third-order valence-corrected chi connectivity index (χ3v) is 4.60. The molecule has 2 atom stereocenters. The Kier molecular flexibility index (Phi) is 4.76. The minimum absolute atomic E-state index is 0.00433. The van der Waals surface area contributed by atoms with E-state index in [9.17, 15) is 14.0 Å². The van der Waals surface area contributed by atoms with Gasteiger partial charge in [0.1, 0.15) is 11.9 Å². The fourth-order valence-electron chi connectivity index (χ4n) is 3.07. The predicted molar refractivity (Wildman–Crippen MR) is 91.1 cm³/mol. The third-order valence-electron chi connectivity index (χ3n) is 4.31. The van der Waals surface area contributed by atoms with Gasteiger partial charge in [-0.25, -0.2) is 9.18 Å². The molecule has 132 valence electrons. The highest BCUT2D eigenvalue weighted by Crippen LogP contribution is 2.31. The SMILES string of the molecule is Cc1cc(C(CC(=O)[C@@H]2CNC(=O)N2)c2ccc(F)c(Cl)c2)n(C)n1. The Hall–Kier alpha value is -2.41. The van der Waals surface area contributed by atoms with Crippen molar-refractivity contribution in [2.45, 2.75) is 25.3 Å². The van der Waals surface area contributed by atoms with Gasteiger partial charge in [-0.05, 0) is 30.7 Å². The van der Waals surface area contributed by atoms with E-state index in [-0.39, 0.29) is 35.7 Å². The lowest BCUT2D eigenvalue weighted by molar-refractivity contribution is -0.120. The molecule has 0 saturated carbocycles. The quantitative estimate of drug-likeness (QED) is 0.854. The number of nitrogens with zero attached hydrogens (tertiary/aromatic N) is 2. The summed E-state index contributed by atoms with van der Waals surface area (Å²) in [4.78, 5) is 23.9. The maximum absolute atomic E-state index is 13.5. The largest absolute Gasteiger partial charge is 0.336 e. The van der Waals surface area contributed by atoms with E-state index in [0.717, 1.165) is 17.0 Å². The van der Waals surface area contributed by atoms with E-state index in [1.54, 1.807) is 17.8 Å². The van der Waals surface area contributed by atoms with Crippen LogP contribution >= 0.6 is 11.6 Å². The van der Waals surface area contributed by atoms with Crippen LogP contribution in [-0.2, 0) is 11.8 Å². The van der Waals surface area contributed by atoms with Crippen LogP contribution < -0.4 is 10.6 Å². The summed E-state index contributed by atoms with van der Waals surface area (Å²) in [5.74, 6) is -0.958. The van der Waals surface area contributed by atoms with Gasteiger partial charge in [0.25, 0.3) is 0 Å². The molecule has 25 heavy (non-hydrogen) atoms. The molecule has 2 N–H and O–H groups in total. The number of aromatic nitrogens is 2. The first kappa shape index (κ1) is 17.4. The van der Waals surface area contributed by atoms with Crippen LogP contribution in [-0.4, -0.2) is 34.2 Å². The fourth-order valence-corrected chi connectivity index (χ4v) is 3.26. The molecule has 0 radical (unpaired) electrons. The molecule has 0 aliphatic carbocycles. The van der Waals surface area contributed by atoms with Crippen molar-refractivity contribution in [3.05, 3.63) is 52.1 Å². The Morgan fingerprint density at radius 2 is 2.24 bits per heavy atom. The van der Waals surface area contributed by atoms with Crippen LogP contribution in [0.3, 0.4) is 0 Å². The molecule has 1 aromatic carbocycles. The van der Waals surface area contributed by atoms with Crippen molar-refractivity contribution in [2.24, 2.45) is 7.05 Å². The third kappa shape index (κ3) is 3.66. The number of aryl methyl sites for hydroxylation is 2. The average Bonchev–Trinajstić information content (AvgIpc) is 3.13. The second-order valence-corrected chi connectivity index (χ2v) is 6.54. The normalized spacial score (nSPS) is 17.9. The van der Waals surface area contributed by atoms with Gasteiger partial charge in [0.05, 0.1) is 10.7 Å². The molecule has 1 unspecified atom stereocenters. The molecule has 2 amide bonds. The molecule has 1 aliphatic rings. The van der Waals surface area contributed by atoms with Crippen molar-refractivity contribution in [3.8, 4) is 0 Å². The topological polar surface area (TPSA) is 76.0 Å². The first-order chi connectivity index (χ1) is 11.8. The standard InChI is InChI=1S/C17H18ClFN4O2/c1-9-5-15(23(2)22-9)11(10-3-4-13(19)12(18)6-10)7-16(24)14-8-20-17(25)21-14/h3-6,11,14H,7-8H2,1-2H3,(H2,20,21,25)/t11?,14-/m0/s1. The van der Waals surface area contributed by atoms with Gasteiger partial charge in [0.15, 0.2) is 5.78 Å². The lowest BCUT2D eigenvalue weighted by Gasteiger charge is -2.19. The van der Waals surface area contributed by atoms with Gasteiger partial charge < -0.3 is 10.6 Å². The van der Waals surface area contributed by atoms with Gasteiger partial charge in [-0.2, -0.15) is 5.10 Å². The maximum atomic E-state index is 13.5. The number of rotatable bonds is 5. The van der Waals surface area contributed by atoms with E-state index < -0.39 is 11.9 Å². The number of urea groups is 1. The van der Waals surface area contributed by atoms with Crippen molar-refractivity contribution in [1.29, 1.82) is 0 Å². The Bertz CT molecular complexity index is 836. The number of ketones is 1. The molecule has 1 saturated heterocycles. The highest BCUT2D eigenvalue weighted by Gasteiger charge is 2.30. The fraction of sp³-hybridized carbons (Fsp3) is 0.353. The monoisotopic (exact) mass is 364 g/mol. The van der Waals surface area contributed by atoms with Crippen molar-refractivity contribution in [1.82, 2.24) is 20.4 Å². The van der Waals surface area contributed by atoms with E-state index in [0.29, 0.717) is 0 Å². The summed E-state index contributed by atoms with van der Waals surface area (Å²) in [6, 6.07) is 5.41. The van der Waals surface area contributed by atoms with E-state index in [1.807, 2.05) is 13.0 Å². The zero-order valence-electron chi connectivity index (χ0n) is 13.8. The van der Waals surface area contributed by atoms with Gasteiger partial charge in [-0.1, -0.05) is 17.7 Å². The van der Waals surface area contributed by atoms with E-state index in [2.05, 4.69) is 15.7 Å². The summed E-state index contributed by atoms with van der Waals surface area (Å²) in [5, 5.41) is 9.51. The van der Waals surface area contributed by atoms with Crippen molar-refractivity contribution in [3.63, 3.8) is 0 Å². The molecule has 3 rings (SSSR count). The van der Waals surface area contributed by atoms with E-state index in [4.69, 9.17) is 11.6 Å². The summed E-state index contributed by atoms with van der Waals surface area (Å²) in [7, 11) is 1.80.